The fourth-order valence-corrected chi connectivity index (χ4v) is 4.32. The minimum atomic E-state index is -0.985. The van der Waals surface area contributed by atoms with Gasteiger partial charge >= 0.3 is 12.1 Å². The molecular weight excluding hydrogens is 478 g/mol. The van der Waals surface area contributed by atoms with Crippen LogP contribution in [0.2, 0.25) is 0 Å². The molecule has 0 spiro atoms. The summed E-state index contributed by atoms with van der Waals surface area (Å²) < 4.78 is 9.93. The molecule has 3 amide bonds. The van der Waals surface area contributed by atoms with E-state index in [0.717, 1.165) is 12.7 Å². The quantitative estimate of drug-likeness (QED) is 0.357. The van der Waals surface area contributed by atoms with Gasteiger partial charge in [0.15, 0.2) is 0 Å². The molecule has 3 atom stereocenters. The highest BCUT2D eigenvalue weighted by Gasteiger charge is 2.41. The summed E-state index contributed by atoms with van der Waals surface area (Å²) in [5, 5.41) is 4.96. The molecule has 0 saturated carbocycles. The van der Waals surface area contributed by atoms with Crippen LogP contribution in [0, 0.1) is 5.92 Å². The van der Waals surface area contributed by atoms with Gasteiger partial charge < -0.3 is 14.8 Å². The van der Waals surface area contributed by atoms with Gasteiger partial charge in [-0.05, 0) is 64.5 Å². The maximum Gasteiger partial charge on any atom is 0.408 e. The molecule has 1 saturated heterocycles. The highest BCUT2D eigenvalue weighted by molar-refractivity contribution is 6.35. The van der Waals surface area contributed by atoms with E-state index in [9.17, 15) is 24.0 Å². The maximum absolute atomic E-state index is 13.2. The predicted molar refractivity (Wildman–Crippen MR) is 136 cm³/mol. The molecule has 0 bridgehead atoms. The second-order valence-corrected chi connectivity index (χ2v) is 10.6. The molecule has 1 fully saturated rings. The van der Waals surface area contributed by atoms with Crippen molar-refractivity contribution in [2.45, 2.75) is 84.0 Å². The van der Waals surface area contributed by atoms with Gasteiger partial charge in [-0.2, -0.15) is 0 Å². The molecule has 1 aromatic rings. The third kappa shape index (κ3) is 9.27. The number of hydrogen-bond acceptors (Lipinski definition) is 8. The predicted octanol–water partition coefficient (Wildman–Crippen LogP) is 2.39. The zero-order chi connectivity index (χ0) is 27.8. The van der Waals surface area contributed by atoms with Crippen LogP contribution in [0.3, 0.4) is 0 Å². The van der Waals surface area contributed by atoms with Crippen LogP contribution in [0.15, 0.2) is 30.3 Å². The first-order valence-corrected chi connectivity index (χ1v) is 12.6. The van der Waals surface area contributed by atoms with E-state index < -0.39 is 53.4 Å². The van der Waals surface area contributed by atoms with Gasteiger partial charge in [-0.3, -0.25) is 24.6 Å². The van der Waals surface area contributed by atoms with E-state index in [1.54, 1.807) is 25.7 Å². The maximum atomic E-state index is 13.2. The van der Waals surface area contributed by atoms with Crippen molar-refractivity contribution in [1.29, 1.82) is 0 Å². The molecule has 0 aliphatic carbocycles. The number of Topliss-reactive ketones (excluding diaryl/α,β-unsaturated/α-hetero) is 1. The molecule has 2 N–H and O–H groups in total. The van der Waals surface area contributed by atoms with Crippen molar-refractivity contribution in [2.75, 3.05) is 13.7 Å². The number of ether oxygens (including phenoxy) is 2. The van der Waals surface area contributed by atoms with Gasteiger partial charge in [0, 0.05) is 0 Å². The van der Waals surface area contributed by atoms with Gasteiger partial charge in [0.2, 0.25) is 11.8 Å². The second-order valence-electron chi connectivity index (χ2n) is 10.6. The Balaban J connectivity index is 2.19. The monoisotopic (exact) mass is 517 g/mol. The van der Waals surface area contributed by atoms with Crippen LogP contribution in [0.25, 0.3) is 0 Å². The molecule has 1 unspecified atom stereocenters. The lowest BCUT2D eigenvalue weighted by Crippen LogP contribution is -2.56. The van der Waals surface area contributed by atoms with E-state index in [1.807, 2.05) is 44.2 Å². The second kappa shape index (κ2) is 13.3. The van der Waals surface area contributed by atoms with Gasteiger partial charge in [0.25, 0.3) is 5.78 Å². The number of rotatable bonds is 10. The number of methoxy groups -OCH3 is 1. The smallest absolute Gasteiger partial charge is 0.408 e. The summed E-state index contributed by atoms with van der Waals surface area (Å²) in [6.45, 7) is 9.32. The van der Waals surface area contributed by atoms with E-state index >= 15 is 0 Å². The molecule has 0 aromatic heterocycles. The van der Waals surface area contributed by atoms with Crippen molar-refractivity contribution >= 4 is 29.7 Å². The summed E-state index contributed by atoms with van der Waals surface area (Å²) >= 11 is 0. The first kappa shape index (κ1) is 30.0. The Bertz CT molecular complexity index is 972. The van der Waals surface area contributed by atoms with Crippen molar-refractivity contribution < 1.29 is 33.4 Å². The minimum absolute atomic E-state index is 0.0525. The van der Waals surface area contributed by atoms with Gasteiger partial charge in [0.05, 0.1) is 19.2 Å². The Morgan fingerprint density at radius 3 is 2.30 bits per heavy atom. The Kier molecular flexibility index (Phi) is 10.8. The van der Waals surface area contributed by atoms with Crippen LogP contribution < -0.4 is 10.6 Å². The van der Waals surface area contributed by atoms with Crippen molar-refractivity contribution in [3.63, 3.8) is 0 Å². The molecule has 10 heteroatoms. The Morgan fingerprint density at radius 2 is 1.73 bits per heavy atom. The number of alkyl carbamates (subject to hydrolysis) is 1. The third-order valence-corrected chi connectivity index (χ3v) is 5.92. The fourth-order valence-electron chi connectivity index (χ4n) is 4.32. The minimum Gasteiger partial charge on any atom is -0.463 e. The van der Waals surface area contributed by atoms with Crippen LogP contribution >= 0.6 is 0 Å². The van der Waals surface area contributed by atoms with E-state index in [-0.39, 0.29) is 12.3 Å². The first-order chi connectivity index (χ1) is 17.3. The Morgan fingerprint density at radius 1 is 1.08 bits per heavy atom. The average Bonchev–Trinajstić information content (AvgIpc) is 3.30. The largest absolute Gasteiger partial charge is 0.463 e. The van der Waals surface area contributed by atoms with E-state index in [2.05, 4.69) is 15.4 Å². The molecule has 1 aromatic carbocycles. The molecule has 204 valence electrons. The highest BCUT2D eigenvalue weighted by Crippen LogP contribution is 2.24. The lowest BCUT2D eigenvalue weighted by atomic mass is 9.99. The summed E-state index contributed by atoms with van der Waals surface area (Å²) in [5.41, 5.74) is 0.0775. The van der Waals surface area contributed by atoms with Crippen molar-refractivity contribution in [3.8, 4) is 0 Å². The van der Waals surface area contributed by atoms with Gasteiger partial charge in [0.1, 0.15) is 11.6 Å². The Labute approximate surface area is 218 Å². The summed E-state index contributed by atoms with van der Waals surface area (Å²) in [7, 11) is 1.14. The zero-order valence-electron chi connectivity index (χ0n) is 22.5. The summed E-state index contributed by atoms with van der Waals surface area (Å²) in [6.07, 6.45) is 0.771. The van der Waals surface area contributed by atoms with Crippen molar-refractivity contribution in [2.24, 2.45) is 5.92 Å². The molecule has 10 nitrogen and oxygen atoms in total. The molecular formula is C27H39N3O7. The number of amides is 3. The number of likely N-dealkylation sites (tertiary alicyclic amines) is 1. The van der Waals surface area contributed by atoms with Crippen LogP contribution in [0.5, 0.6) is 0 Å². The van der Waals surface area contributed by atoms with Crippen molar-refractivity contribution in [1.82, 2.24) is 15.5 Å². The molecule has 1 heterocycles. The van der Waals surface area contributed by atoms with Crippen LogP contribution in [-0.4, -0.2) is 71.9 Å². The lowest BCUT2D eigenvalue weighted by Gasteiger charge is -2.31. The van der Waals surface area contributed by atoms with Crippen LogP contribution in [-0.2, 0) is 35.1 Å². The number of ketones is 1. The number of imide groups is 1. The highest BCUT2D eigenvalue weighted by atomic mass is 16.6. The lowest BCUT2D eigenvalue weighted by molar-refractivity contribution is -0.154. The van der Waals surface area contributed by atoms with Gasteiger partial charge in [-0.25, -0.2) is 9.59 Å². The number of carbonyl (C=O) groups excluding carboxylic acids is 5. The standard InChI is InChI=1S/C27H39N3O7/c1-17(2)15-19(28-26(35)37-27(3,4)5)23(32)29-24(33)20-13-10-14-30(20)21(22(31)25(34)36-6)16-18-11-8-7-9-12-18/h7-9,11-12,17,19-21H,10,13-16H2,1-6H3,(H,28,35)(H,29,32,33)/t19-,20-,21?/m0/s1. The molecule has 2 rings (SSSR count). The van der Waals surface area contributed by atoms with E-state index in [0.29, 0.717) is 25.8 Å². The number of hydrogen-bond donors (Lipinski definition) is 2. The summed E-state index contributed by atoms with van der Waals surface area (Å²) in [6, 6.07) is 6.48. The summed E-state index contributed by atoms with van der Waals surface area (Å²) in [5.74, 6) is -2.92. The zero-order valence-corrected chi connectivity index (χ0v) is 22.5. The van der Waals surface area contributed by atoms with E-state index in [4.69, 9.17) is 4.74 Å². The number of nitrogens with one attached hydrogen (secondary N) is 2. The van der Waals surface area contributed by atoms with E-state index in [1.165, 1.54) is 0 Å². The number of carbonyl (C=O) groups is 5. The SMILES string of the molecule is COC(=O)C(=O)C(Cc1ccccc1)N1CCC[C@H]1C(=O)NC(=O)[C@H](CC(C)C)NC(=O)OC(C)(C)C. The van der Waals surface area contributed by atoms with Crippen LogP contribution in [0.4, 0.5) is 4.79 Å². The Hall–Kier alpha value is -3.27. The number of nitrogens with zero attached hydrogens (tertiary/aromatic N) is 1. The molecule has 1 aliphatic heterocycles. The fraction of sp³-hybridized carbons (Fsp3) is 0.593. The molecule has 1 aliphatic rings. The molecule has 0 radical (unpaired) electrons. The third-order valence-electron chi connectivity index (χ3n) is 5.92. The molecule has 37 heavy (non-hydrogen) atoms. The van der Waals surface area contributed by atoms with Gasteiger partial charge in [-0.15, -0.1) is 0 Å². The normalized spacial score (nSPS) is 17.5. The average molecular weight is 518 g/mol. The number of benzene rings is 1. The van der Waals surface area contributed by atoms with Crippen LogP contribution in [0.1, 0.15) is 59.4 Å². The topological polar surface area (TPSA) is 131 Å². The van der Waals surface area contributed by atoms with Crippen molar-refractivity contribution in [3.05, 3.63) is 35.9 Å². The number of esters is 1. The first-order valence-electron chi connectivity index (χ1n) is 12.6. The summed E-state index contributed by atoms with van der Waals surface area (Å²) in [4.78, 5) is 65.3. The van der Waals surface area contributed by atoms with Gasteiger partial charge in [-0.1, -0.05) is 44.2 Å².